The lowest BCUT2D eigenvalue weighted by atomic mass is 9.96. The minimum atomic E-state index is 0.627. The van der Waals surface area contributed by atoms with Gasteiger partial charge in [-0.05, 0) is 89.5 Å². The van der Waals surface area contributed by atoms with E-state index in [-0.39, 0.29) is 0 Å². The molecule has 6 heteroatoms. The second-order valence-corrected chi connectivity index (χ2v) is 19.2. The van der Waals surface area contributed by atoms with Crippen LogP contribution in [0.25, 0.3) is 139 Å². The molecule has 0 saturated carbocycles. The van der Waals surface area contributed by atoms with Gasteiger partial charge in [0.05, 0.1) is 38.8 Å². The molecule has 0 aliphatic rings. The lowest BCUT2D eigenvalue weighted by Crippen LogP contribution is -2.00. The summed E-state index contributed by atoms with van der Waals surface area (Å²) in [6, 6.07) is 95.6. The van der Waals surface area contributed by atoms with Gasteiger partial charge in [-0.1, -0.05) is 194 Å². The van der Waals surface area contributed by atoms with E-state index in [0.29, 0.717) is 17.5 Å². The standard InChI is InChI=1S/C69H44N6/c1-4-18-46(19-5-1)67-70-68(47-20-6-2-7-21-47)72-69(71-67)48-34-32-45(33-35-48)49-36-39-53(66(43-49)75-62-30-16-12-26-56(62)57-27-13-17-31-63(57)75)50-37-40-64-58(42-50)59-44-52(38-41-65(59)73(64)51-22-8-3-9-23-51)74-60-28-14-10-24-54(60)55-25-11-15-29-61(55)74/h1-44H. The molecule has 6 nitrogen and oxygen atoms in total. The Morgan fingerprint density at radius 2 is 0.587 bits per heavy atom. The molecule has 15 rings (SSSR count). The summed E-state index contributed by atoms with van der Waals surface area (Å²) in [4.78, 5) is 15.0. The van der Waals surface area contributed by atoms with Gasteiger partial charge in [0.1, 0.15) is 0 Å². The molecule has 75 heavy (non-hydrogen) atoms. The van der Waals surface area contributed by atoms with Crippen molar-refractivity contribution in [1.82, 2.24) is 28.7 Å². The summed E-state index contributed by atoms with van der Waals surface area (Å²) in [5.41, 5.74) is 17.6. The third-order valence-electron chi connectivity index (χ3n) is 14.9. The second-order valence-electron chi connectivity index (χ2n) is 19.2. The molecule has 0 saturated heterocycles. The molecule has 0 bridgehead atoms. The van der Waals surface area contributed by atoms with Crippen LogP contribution < -0.4 is 0 Å². The first kappa shape index (κ1) is 42.5. The zero-order valence-electron chi connectivity index (χ0n) is 40.6. The van der Waals surface area contributed by atoms with Gasteiger partial charge in [-0.2, -0.15) is 0 Å². The van der Waals surface area contributed by atoms with Crippen molar-refractivity contribution in [2.45, 2.75) is 0 Å². The van der Waals surface area contributed by atoms with E-state index in [1.807, 2.05) is 60.7 Å². The zero-order chi connectivity index (χ0) is 49.4. The number of fused-ring (bicyclic) bond motifs is 9. The van der Waals surface area contributed by atoms with Crippen molar-refractivity contribution in [1.29, 1.82) is 0 Å². The quantitative estimate of drug-likeness (QED) is 0.152. The average Bonchev–Trinajstić information content (AvgIpc) is 4.13. The first-order valence-electron chi connectivity index (χ1n) is 25.4. The molecule has 0 unspecified atom stereocenters. The Morgan fingerprint density at radius 3 is 1.12 bits per heavy atom. The van der Waals surface area contributed by atoms with Crippen molar-refractivity contribution in [3.63, 3.8) is 0 Å². The van der Waals surface area contributed by atoms with Crippen LogP contribution in [0.3, 0.4) is 0 Å². The van der Waals surface area contributed by atoms with Crippen LogP contribution in [0, 0.1) is 0 Å². The number of nitrogens with zero attached hydrogens (tertiary/aromatic N) is 6. The summed E-state index contributed by atoms with van der Waals surface area (Å²) >= 11 is 0. The Bertz CT molecular complexity index is 4520. The van der Waals surface area contributed by atoms with Gasteiger partial charge >= 0.3 is 0 Å². The maximum absolute atomic E-state index is 5.03. The number of aromatic nitrogens is 6. The van der Waals surface area contributed by atoms with Gasteiger partial charge in [0, 0.05) is 65.9 Å². The molecule has 0 atom stereocenters. The molecule has 0 N–H and O–H groups in total. The Kier molecular flexibility index (Phi) is 9.78. The van der Waals surface area contributed by atoms with Crippen LogP contribution in [0.1, 0.15) is 0 Å². The van der Waals surface area contributed by atoms with E-state index >= 15 is 0 Å². The Labute approximate surface area is 432 Å². The van der Waals surface area contributed by atoms with E-state index in [1.165, 1.54) is 43.4 Å². The smallest absolute Gasteiger partial charge is 0.164 e. The van der Waals surface area contributed by atoms with E-state index in [4.69, 9.17) is 15.0 Å². The molecule has 11 aromatic carbocycles. The number of hydrogen-bond acceptors (Lipinski definition) is 3. The van der Waals surface area contributed by atoms with Crippen LogP contribution in [0.15, 0.2) is 267 Å². The molecule has 0 amide bonds. The van der Waals surface area contributed by atoms with E-state index in [2.05, 4.69) is 220 Å². The summed E-state index contributed by atoms with van der Waals surface area (Å²) in [6.45, 7) is 0. The molecule has 15 aromatic rings. The predicted octanol–water partition coefficient (Wildman–Crippen LogP) is 17.5. The second kappa shape index (κ2) is 17.3. The minimum Gasteiger partial charge on any atom is -0.309 e. The number of rotatable bonds is 8. The first-order chi connectivity index (χ1) is 37.2. The fraction of sp³-hybridized carbons (Fsp3) is 0. The molecule has 350 valence electrons. The highest BCUT2D eigenvalue weighted by molar-refractivity contribution is 6.14. The van der Waals surface area contributed by atoms with Crippen molar-refractivity contribution in [3.8, 4) is 73.5 Å². The summed E-state index contributed by atoms with van der Waals surface area (Å²) in [5.74, 6) is 1.91. The fourth-order valence-corrected chi connectivity index (χ4v) is 11.4. The number of para-hydroxylation sites is 5. The van der Waals surface area contributed by atoms with Crippen LogP contribution in [-0.4, -0.2) is 28.7 Å². The van der Waals surface area contributed by atoms with E-state index < -0.39 is 0 Å². The van der Waals surface area contributed by atoms with Crippen molar-refractivity contribution in [2.75, 3.05) is 0 Å². The van der Waals surface area contributed by atoms with E-state index in [9.17, 15) is 0 Å². The van der Waals surface area contributed by atoms with Gasteiger partial charge in [0.25, 0.3) is 0 Å². The lowest BCUT2D eigenvalue weighted by Gasteiger charge is -2.17. The van der Waals surface area contributed by atoms with Gasteiger partial charge in [-0.25, -0.2) is 15.0 Å². The number of benzene rings is 11. The Morgan fingerprint density at radius 1 is 0.213 bits per heavy atom. The highest BCUT2D eigenvalue weighted by Crippen LogP contribution is 2.42. The molecule has 4 heterocycles. The summed E-state index contributed by atoms with van der Waals surface area (Å²) < 4.78 is 7.28. The van der Waals surface area contributed by atoms with Crippen molar-refractivity contribution < 1.29 is 0 Å². The highest BCUT2D eigenvalue weighted by Gasteiger charge is 2.21. The molecule has 4 aromatic heterocycles. The monoisotopic (exact) mass is 956 g/mol. The molecule has 0 radical (unpaired) electrons. The van der Waals surface area contributed by atoms with Crippen LogP contribution in [0.2, 0.25) is 0 Å². The largest absolute Gasteiger partial charge is 0.309 e. The molecule has 0 spiro atoms. The summed E-state index contributed by atoms with van der Waals surface area (Å²) in [5, 5.41) is 7.31. The van der Waals surface area contributed by atoms with Crippen molar-refractivity contribution >= 4 is 65.4 Å². The van der Waals surface area contributed by atoms with Gasteiger partial charge in [0.15, 0.2) is 17.5 Å². The Hall–Kier alpha value is -10.2. The number of hydrogen-bond donors (Lipinski definition) is 0. The zero-order valence-corrected chi connectivity index (χ0v) is 40.6. The van der Waals surface area contributed by atoms with Gasteiger partial charge in [-0.15, -0.1) is 0 Å². The SMILES string of the molecule is c1ccc(-c2nc(-c3ccccc3)nc(-c3ccc(-c4ccc(-c5ccc6c(c5)c5cc(-n7c8ccccc8c8ccccc87)ccc5n6-c5ccccc5)c(-n5c6ccccc6c6ccccc65)c4)cc3)n2)cc1. The molecule has 0 aliphatic heterocycles. The normalized spacial score (nSPS) is 11.7. The summed E-state index contributed by atoms with van der Waals surface area (Å²) in [6.07, 6.45) is 0. The van der Waals surface area contributed by atoms with E-state index in [0.717, 1.165) is 78.1 Å². The maximum Gasteiger partial charge on any atom is 0.164 e. The van der Waals surface area contributed by atoms with E-state index in [1.54, 1.807) is 0 Å². The third kappa shape index (κ3) is 6.99. The minimum absolute atomic E-state index is 0.627. The fourth-order valence-electron chi connectivity index (χ4n) is 11.4. The maximum atomic E-state index is 5.03. The van der Waals surface area contributed by atoms with Crippen LogP contribution in [0.5, 0.6) is 0 Å². The summed E-state index contributed by atoms with van der Waals surface area (Å²) in [7, 11) is 0. The van der Waals surface area contributed by atoms with Crippen molar-refractivity contribution in [2.24, 2.45) is 0 Å². The lowest BCUT2D eigenvalue weighted by molar-refractivity contribution is 1.07. The average molecular weight is 957 g/mol. The molecule has 0 fully saturated rings. The van der Waals surface area contributed by atoms with Crippen LogP contribution in [-0.2, 0) is 0 Å². The van der Waals surface area contributed by atoms with Gasteiger partial charge in [-0.3, -0.25) is 0 Å². The van der Waals surface area contributed by atoms with Gasteiger partial charge < -0.3 is 13.7 Å². The van der Waals surface area contributed by atoms with Crippen LogP contribution in [0.4, 0.5) is 0 Å². The molecule has 0 aliphatic carbocycles. The Balaban J connectivity index is 0.917. The van der Waals surface area contributed by atoms with Crippen LogP contribution >= 0.6 is 0 Å². The van der Waals surface area contributed by atoms with Gasteiger partial charge in [0.2, 0.25) is 0 Å². The third-order valence-corrected chi connectivity index (χ3v) is 14.9. The molecular weight excluding hydrogens is 913 g/mol. The predicted molar refractivity (Wildman–Crippen MR) is 310 cm³/mol. The first-order valence-corrected chi connectivity index (χ1v) is 25.4. The van der Waals surface area contributed by atoms with Crippen molar-refractivity contribution in [3.05, 3.63) is 267 Å². The topological polar surface area (TPSA) is 53.5 Å². The molecular formula is C69H44N6. The highest BCUT2D eigenvalue weighted by atomic mass is 15.0.